The van der Waals surface area contributed by atoms with Gasteiger partial charge in [0.25, 0.3) is 5.91 Å². The van der Waals surface area contributed by atoms with Gasteiger partial charge in [-0.05, 0) is 48.7 Å². The van der Waals surface area contributed by atoms with Gasteiger partial charge in [0.2, 0.25) is 5.91 Å². The fourth-order valence-electron chi connectivity index (χ4n) is 4.49. The quantitative estimate of drug-likeness (QED) is 0.579. The first-order valence-corrected chi connectivity index (χ1v) is 12.4. The molecule has 2 aliphatic heterocycles. The lowest BCUT2D eigenvalue weighted by Crippen LogP contribution is -2.47. The molecule has 4 rings (SSSR count). The number of nitrogens with zero attached hydrogens (tertiary/aromatic N) is 4. The third-order valence-electron chi connectivity index (χ3n) is 6.80. The van der Waals surface area contributed by atoms with Gasteiger partial charge < -0.3 is 14.1 Å². The molecule has 0 spiro atoms. The van der Waals surface area contributed by atoms with Crippen molar-refractivity contribution in [3.8, 4) is 0 Å². The van der Waals surface area contributed by atoms with Crippen LogP contribution in [-0.4, -0.2) is 78.3 Å². The van der Waals surface area contributed by atoms with Gasteiger partial charge in [-0.25, -0.2) is 5.01 Å². The van der Waals surface area contributed by atoms with E-state index in [9.17, 15) is 9.59 Å². The van der Waals surface area contributed by atoms with E-state index in [0.29, 0.717) is 38.5 Å². The summed E-state index contributed by atoms with van der Waals surface area (Å²) in [5.74, 6) is 0.262. The maximum absolute atomic E-state index is 13.6. The van der Waals surface area contributed by atoms with Gasteiger partial charge in [0, 0.05) is 38.5 Å². The van der Waals surface area contributed by atoms with E-state index in [0.717, 1.165) is 24.4 Å². The van der Waals surface area contributed by atoms with Gasteiger partial charge >= 0.3 is 0 Å². The predicted molar refractivity (Wildman–Crippen MR) is 134 cm³/mol. The first-order valence-electron chi connectivity index (χ1n) is 12.4. The Balaban J connectivity index is 1.54. The highest BCUT2D eigenvalue weighted by molar-refractivity contribution is 6.03. The standard InChI is InChI=1S/C27H36N4O4/c1-19(2)27(33)30(10-9-29-11-14-34-15-12-29)18-26(32)31-24(25-6-5-13-35-25)17-23(28-31)22-8-7-20(3)21(4)16-22/h5-8,13,16,19,24H,9-12,14-15,17-18H2,1-4H3/t24-/m0/s1. The van der Waals surface area contributed by atoms with Crippen LogP contribution in [0, 0.1) is 19.8 Å². The van der Waals surface area contributed by atoms with E-state index in [-0.39, 0.29) is 30.3 Å². The highest BCUT2D eigenvalue weighted by Crippen LogP contribution is 2.33. The van der Waals surface area contributed by atoms with E-state index >= 15 is 0 Å². The van der Waals surface area contributed by atoms with Crippen molar-refractivity contribution in [1.29, 1.82) is 0 Å². The minimum atomic E-state index is -0.329. The van der Waals surface area contributed by atoms with Crippen molar-refractivity contribution >= 4 is 17.5 Å². The molecule has 0 saturated carbocycles. The molecule has 1 atom stereocenters. The first-order chi connectivity index (χ1) is 16.8. The van der Waals surface area contributed by atoms with Crippen LogP contribution in [0.5, 0.6) is 0 Å². The minimum absolute atomic E-state index is 0.0116. The van der Waals surface area contributed by atoms with Crippen LogP contribution >= 0.6 is 0 Å². The summed E-state index contributed by atoms with van der Waals surface area (Å²) in [6, 6.07) is 9.60. The van der Waals surface area contributed by atoms with Crippen LogP contribution in [-0.2, 0) is 14.3 Å². The van der Waals surface area contributed by atoms with Crippen LogP contribution in [0.25, 0.3) is 0 Å². The second-order valence-corrected chi connectivity index (χ2v) is 9.69. The number of benzene rings is 1. The number of morpholine rings is 1. The van der Waals surface area contributed by atoms with Gasteiger partial charge in [-0.15, -0.1) is 0 Å². The van der Waals surface area contributed by atoms with Crippen LogP contribution < -0.4 is 0 Å². The van der Waals surface area contributed by atoms with E-state index in [1.54, 1.807) is 11.2 Å². The fourth-order valence-corrected chi connectivity index (χ4v) is 4.49. The zero-order chi connectivity index (χ0) is 24.9. The molecular formula is C27H36N4O4. The van der Waals surface area contributed by atoms with Gasteiger partial charge in [-0.1, -0.05) is 26.0 Å². The van der Waals surface area contributed by atoms with Crippen LogP contribution in [0.4, 0.5) is 0 Å². The molecular weight excluding hydrogens is 444 g/mol. The average Bonchev–Trinajstić information content (AvgIpc) is 3.54. The Morgan fingerprint density at radius 2 is 1.91 bits per heavy atom. The summed E-state index contributed by atoms with van der Waals surface area (Å²) in [5.41, 5.74) is 4.24. The smallest absolute Gasteiger partial charge is 0.262 e. The Labute approximate surface area is 207 Å². The van der Waals surface area contributed by atoms with Gasteiger partial charge in [-0.2, -0.15) is 5.10 Å². The topological polar surface area (TPSA) is 78.6 Å². The molecule has 0 unspecified atom stereocenters. The van der Waals surface area contributed by atoms with Crippen molar-refractivity contribution in [2.75, 3.05) is 45.9 Å². The van der Waals surface area contributed by atoms with Crippen LogP contribution in [0.1, 0.15) is 48.8 Å². The summed E-state index contributed by atoms with van der Waals surface area (Å²) in [7, 11) is 0. The maximum atomic E-state index is 13.6. The van der Waals surface area contributed by atoms with Crippen LogP contribution in [0.15, 0.2) is 46.1 Å². The Hall–Kier alpha value is -2.97. The molecule has 0 aliphatic carbocycles. The summed E-state index contributed by atoms with van der Waals surface area (Å²) in [6.45, 7) is 12.2. The molecule has 0 N–H and O–H groups in total. The van der Waals surface area contributed by atoms with E-state index in [2.05, 4.69) is 30.9 Å². The largest absolute Gasteiger partial charge is 0.467 e. The van der Waals surface area contributed by atoms with Gasteiger partial charge in [-0.3, -0.25) is 14.5 Å². The number of carbonyl (C=O) groups is 2. The molecule has 188 valence electrons. The third kappa shape index (κ3) is 6.00. The summed E-state index contributed by atoms with van der Waals surface area (Å²) in [5, 5.41) is 6.26. The van der Waals surface area contributed by atoms with Gasteiger partial charge in [0.05, 0.1) is 25.2 Å². The molecule has 2 aromatic rings. The molecule has 2 amide bonds. The van der Waals surface area contributed by atoms with E-state index in [1.165, 1.54) is 16.1 Å². The minimum Gasteiger partial charge on any atom is -0.467 e. The summed E-state index contributed by atoms with van der Waals surface area (Å²) in [4.78, 5) is 30.5. The van der Waals surface area contributed by atoms with Crippen molar-refractivity contribution in [3.63, 3.8) is 0 Å². The number of furan rings is 1. The van der Waals surface area contributed by atoms with Gasteiger partial charge in [0.15, 0.2) is 0 Å². The number of aryl methyl sites for hydroxylation is 2. The highest BCUT2D eigenvalue weighted by atomic mass is 16.5. The molecule has 1 saturated heterocycles. The third-order valence-corrected chi connectivity index (χ3v) is 6.80. The zero-order valence-electron chi connectivity index (χ0n) is 21.2. The van der Waals surface area contributed by atoms with Crippen LogP contribution in [0.3, 0.4) is 0 Å². The van der Waals surface area contributed by atoms with Gasteiger partial charge in [0.1, 0.15) is 18.3 Å². The molecule has 1 fully saturated rings. The second-order valence-electron chi connectivity index (χ2n) is 9.69. The monoisotopic (exact) mass is 480 g/mol. The molecule has 8 nitrogen and oxygen atoms in total. The SMILES string of the molecule is Cc1ccc(C2=NN(C(=O)CN(CCN3CCOCC3)C(=O)C(C)C)[C@H](c3ccco3)C2)cc1C. The number of hydrogen-bond donors (Lipinski definition) is 0. The molecule has 1 aromatic carbocycles. The van der Waals surface area contributed by atoms with Crippen molar-refractivity contribution in [3.05, 3.63) is 59.0 Å². The molecule has 0 bridgehead atoms. The van der Waals surface area contributed by atoms with Crippen LogP contribution in [0.2, 0.25) is 0 Å². The number of ether oxygens (including phenoxy) is 1. The predicted octanol–water partition coefficient (Wildman–Crippen LogP) is 3.39. The van der Waals surface area contributed by atoms with E-state index in [4.69, 9.17) is 14.3 Å². The molecule has 35 heavy (non-hydrogen) atoms. The lowest BCUT2D eigenvalue weighted by Gasteiger charge is -2.31. The summed E-state index contributed by atoms with van der Waals surface area (Å²) in [6.07, 6.45) is 2.18. The zero-order valence-corrected chi connectivity index (χ0v) is 21.2. The van der Waals surface area contributed by atoms with Crippen molar-refractivity contribution < 1.29 is 18.7 Å². The molecule has 8 heteroatoms. The number of rotatable bonds is 8. The van der Waals surface area contributed by atoms with E-state index in [1.807, 2.05) is 32.0 Å². The molecule has 2 aliphatic rings. The lowest BCUT2D eigenvalue weighted by molar-refractivity contribution is -0.143. The Kier molecular flexibility index (Phi) is 8.03. The Bertz CT molecular complexity index is 1060. The van der Waals surface area contributed by atoms with Crippen molar-refractivity contribution in [1.82, 2.24) is 14.8 Å². The molecule has 0 radical (unpaired) electrons. The summed E-state index contributed by atoms with van der Waals surface area (Å²) >= 11 is 0. The highest BCUT2D eigenvalue weighted by Gasteiger charge is 2.36. The second kappa shape index (κ2) is 11.2. The number of amides is 2. The Morgan fingerprint density at radius 3 is 2.57 bits per heavy atom. The van der Waals surface area contributed by atoms with Crippen molar-refractivity contribution in [2.24, 2.45) is 11.0 Å². The number of hydrogen-bond acceptors (Lipinski definition) is 6. The molecule has 3 heterocycles. The summed E-state index contributed by atoms with van der Waals surface area (Å²) < 4.78 is 11.1. The first kappa shape index (κ1) is 25.1. The number of hydrazone groups is 1. The fraction of sp³-hybridized carbons (Fsp3) is 0.519. The maximum Gasteiger partial charge on any atom is 0.262 e. The lowest BCUT2D eigenvalue weighted by atomic mass is 9.99. The Morgan fingerprint density at radius 1 is 1.14 bits per heavy atom. The van der Waals surface area contributed by atoms with E-state index < -0.39 is 0 Å². The number of carbonyl (C=O) groups excluding carboxylic acids is 2. The molecule has 1 aromatic heterocycles. The normalized spacial score (nSPS) is 18.7. The van der Waals surface area contributed by atoms with Crippen molar-refractivity contribution in [2.45, 2.75) is 40.2 Å². The average molecular weight is 481 g/mol.